The molecule has 1 aliphatic carbocycles. The summed E-state index contributed by atoms with van der Waals surface area (Å²) in [7, 11) is 0. The molecule has 0 amide bonds. The molecular weight excluding hydrogens is 616 g/mol. The van der Waals surface area contributed by atoms with Crippen LogP contribution in [0.4, 0.5) is 0 Å². The number of quaternary nitrogens is 1. The summed E-state index contributed by atoms with van der Waals surface area (Å²) in [5.41, 5.74) is 2.29. The van der Waals surface area contributed by atoms with Crippen LogP contribution in [0, 0.1) is 11.8 Å². The molecule has 0 aromatic heterocycles. The van der Waals surface area contributed by atoms with Crippen molar-refractivity contribution in [1.29, 1.82) is 0 Å². The van der Waals surface area contributed by atoms with Crippen molar-refractivity contribution in [3.63, 3.8) is 0 Å². The van der Waals surface area contributed by atoms with Crippen LogP contribution in [0.5, 0.6) is 11.5 Å². The topological polar surface area (TPSA) is 111 Å². The molecule has 1 saturated carbocycles. The molecule has 7 rings (SSSR count). The maximum Gasteiger partial charge on any atom is 0.121 e. The van der Waals surface area contributed by atoms with Crippen LogP contribution in [0.2, 0.25) is 0 Å². The summed E-state index contributed by atoms with van der Waals surface area (Å²) in [6.07, 6.45) is 8.22. The molecule has 4 atom stereocenters. The highest BCUT2D eigenvalue weighted by molar-refractivity contribution is 5.36. The number of fused-ring (bicyclic) bond motifs is 3. The van der Waals surface area contributed by atoms with Crippen LogP contribution in [-0.4, -0.2) is 77.0 Å². The van der Waals surface area contributed by atoms with Crippen LogP contribution in [-0.2, 0) is 16.9 Å². The maximum atomic E-state index is 12.0. The molecule has 3 heterocycles. The van der Waals surface area contributed by atoms with Crippen molar-refractivity contribution >= 4 is 0 Å². The summed E-state index contributed by atoms with van der Waals surface area (Å²) in [5.74, 6) is 1.75. The molecule has 49 heavy (non-hydrogen) atoms. The number of ether oxygens (including phenoxy) is 2. The lowest BCUT2D eigenvalue weighted by atomic mass is 9.80. The van der Waals surface area contributed by atoms with Gasteiger partial charge in [0.2, 0.25) is 0 Å². The summed E-state index contributed by atoms with van der Waals surface area (Å²) in [6.45, 7) is 7.79. The lowest BCUT2D eigenvalue weighted by molar-refractivity contribution is -0.946. The first kappa shape index (κ1) is 35.8. The molecule has 1 unspecified atom stereocenters. The number of piperidine rings is 3. The first-order valence-corrected chi connectivity index (χ1v) is 18.6. The summed E-state index contributed by atoms with van der Waals surface area (Å²) in [6, 6.07) is 23.4. The molecule has 2 bridgehead atoms. The Morgan fingerprint density at radius 1 is 0.939 bits per heavy atom. The van der Waals surface area contributed by atoms with Crippen molar-refractivity contribution < 1.29 is 34.4 Å². The second-order valence-electron chi connectivity index (χ2n) is 14.9. The number of nitrogens with one attached hydrogen (secondary N) is 1. The number of aliphatic hydroxyl groups is 3. The Bertz CT molecular complexity index is 1450. The van der Waals surface area contributed by atoms with Crippen LogP contribution in [0.3, 0.4) is 0 Å². The summed E-state index contributed by atoms with van der Waals surface area (Å²) < 4.78 is 14.0. The molecule has 3 aliphatic heterocycles. The second kappa shape index (κ2) is 16.4. The number of hydrogen-bond acceptors (Lipinski definition) is 7. The van der Waals surface area contributed by atoms with E-state index in [1.165, 1.54) is 44.8 Å². The normalized spacial score (nSPS) is 24.8. The molecular formula is C41H57N2O6+. The van der Waals surface area contributed by atoms with Crippen LogP contribution < -0.4 is 10.1 Å². The van der Waals surface area contributed by atoms with Crippen molar-refractivity contribution in [2.24, 2.45) is 11.8 Å². The average Bonchev–Trinajstić information content (AvgIpc) is 3.70. The zero-order valence-electron chi connectivity index (χ0n) is 29.2. The lowest BCUT2D eigenvalue weighted by Gasteiger charge is -2.53. The van der Waals surface area contributed by atoms with Gasteiger partial charge in [0, 0.05) is 43.3 Å². The molecule has 266 valence electrons. The van der Waals surface area contributed by atoms with Crippen molar-refractivity contribution in [2.75, 3.05) is 45.9 Å². The van der Waals surface area contributed by atoms with Gasteiger partial charge in [-0.25, -0.2) is 0 Å². The summed E-state index contributed by atoms with van der Waals surface area (Å²) in [4.78, 5) is 0. The first-order valence-electron chi connectivity index (χ1n) is 18.6. The van der Waals surface area contributed by atoms with Gasteiger partial charge in [-0.2, -0.15) is 0 Å². The van der Waals surface area contributed by atoms with E-state index in [1.54, 1.807) is 12.1 Å². The molecule has 4 aliphatic rings. The Labute approximate surface area is 292 Å². The van der Waals surface area contributed by atoms with Gasteiger partial charge in [-0.15, -0.1) is 0 Å². The van der Waals surface area contributed by atoms with Crippen molar-refractivity contribution in [1.82, 2.24) is 5.32 Å². The van der Waals surface area contributed by atoms with E-state index in [0.717, 1.165) is 60.1 Å². The van der Waals surface area contributed by atoms with Gasteiger partial charge in [0.05, 0.1) is 45.6 Å². The number of nitrogens with zero attached hydrogens (tertiary/aromatic N) is 1. The largest absolute Gasteiger partial charge is 0.508 e. The van der Waals surface area contributed by atoms with Crippen molar-refractivity contribution in [3.8, 4) is 11.5 Å². The van der Waals surface area contributed by atoms with E-state index < -0.39 is 11.7 Å². The maximum absolute atomic E-state index is 12.0. The fourth-order valence-corrected chi connectivity index (χ4v) is 8.72. The Hall–Kier alpha value is -2.98. The number of phenols is 1. The van der Waals surface area contributed by atoms with Crippen LogP contribution in [0.25, 0.3) is 0 Å². The molecule has 0 radical (unpaired) electrons. The SMILES string of the molecule is CC[C@H](NC[C@H](O)c1ccc(O)c(CO)c1)c1ccc(OCCC[N+]23CCC(CC2)[C@@H](OCC(O)(c2ccccc2)C2CCCC2)C3)cc1. The van der Waals surface area contributed by atoms with Crippen LogP contribution in [0.15, 0.2) is 72.8 Å². The van der Waals surface area contributed by atoms with Crippen molar-refractivity contribution in [3.05, 3.63) is 95.1 Å². The van der Waals surface area contributed by atoms with Gasteiger partial charge in [0.1, 0.15) is 29.7 Å². The van der Waals surface area contributed by atoms with Gasteiger partial charge in [-0.1, -0.05) is 68.3 Å². The Morgan fingerprint density at radius 3 is 2.35 bits per heavy atom. The van der Waals surface area contributed by atoms with E-state index >= 15 is 0 Å². The van der Waals surface area contributed by atoms with E-state index in [2.05, 4.69) is 36.5 Å². The molecule has 3 saturated heterocycles. The minimum atomic E-state index is -0.911. The van der Waals surface area contributed by atoms with E-state index in [0.29, 0.717) is 36.8 Å². The average molecular weight is 674 g/mol. The van der Waals surface area contributed by atoms with E-state index in [1.807, 2.05) is 30.3 Å². The third kappa shape index (κ3) is 8.50. The Balaban J connectivity index is 0.964. The minimum absolute atomic E-state index is 0.0296. The third-order valence-electron chi connectivity index (χ3n) is 11.8. The molecule has 3 aromatic rings. The predicted octanol–water partition coefficient (Wildman–Crippen LogP) is 6.13. The number of hydrogen-bond donors (Lipinski definition) is 5. The first-order chi connectivity index (χ1) is 23.8. The monoisotopic (exact) mass is 673 g/mol. The fraction of sp³-hybridized carbons (Fsp3) is 0.561. The van der Waals surface area contributed by atoms with Gasteiger partial charge in [-0.3, -0.25) is 0 Å². The predicted molar refractivity (Wildman–Crippen MR) is 191 cm³/mol. The van der Waals surface area contributed by atoms with Crippen LogP contribution >= 0.6 is 0 Å². The quantitative estimate of drug-likeness (QED) is 0.0866. The minimum Gasteiger partial charge on any atom is -0.508 e. The number of aromatic hydroxyl groups is 1. The molecule has 3 aromatic carbocycles. The second-order valence-corrected chi connectivity index (χ2v) is 14.9. The van der Waals surface area contributed by atoms with Gasteiger partial charge in [0.25, 0.3) is 0 Å². The van der Waals surface area contributed by atoms with Crippen LogP contribution in [0.1, 0.15) is 92.7 Å². The zero-order valence-corrected chi connectivity index (χ0v) is 29.2. The summed E-state index contributed by atoms with van der Waals surface area (Å²) >= 11 is 0. The van der Waals surface area contributed by atoms with Gasteiger partial charge in [-0.05, 0) is 66.1 Å². The number of rotatable bonds is 17. The van der Waals surface area contributed by atoms with Gasteiger partial charge < -0.3 is 39.7 Å². The number of benzene rings is 3. The smallest absolute Gasteiger partial charge is 0.121 e. The standard InChI is InChI=1S/C41H56N2O6/c1-2-37(42-26-39(46)32-15-18-38(45)33(25-32)28-44)30-13-16-36(17-14-30)48-24-8-21-43-22-19-31(20-23-43)40(27-43)49-29-41(47,35-11-6-7-12-35)34-9-4-3-5-10-34/h3-5,9-10,13-18,25,31,35,37,39-40,42,44,46-47H,2,6-8,11-12,19-24,26-29H2,1H3/p+1/t31?,37-,39-,40-,41?,43?/m0/s1. The summed E-state index contributed by atoms with van der Waals surface area (Å²) in [5, 5.41) is 45.5. The highest BCUT2D eigenvalue weighted by Gasteiger charge is 2.48. The Morgan fingerprint density at radius 2 is 1.65 bits per heavy atom. The van der Waals surface area contributed by atoms with E-state index in [4.69, 9.17) is 9.47 Å². The molecule has 4 fully saturated rings. The highest BCUT2D eigenvalue weighted by Crippen LogP contribution is 2.43. The van der Waals surface area contributed by atoms with E-state index in [9.17, 15) is 20.4 Å². The third-order valence-corrected chi connectivity index (χ3v) is 11.8. The molecule has 8 heteroatoms. The molecule has 0 spiro atoms. The number of aliphatic hydroxyl groups excluding tert-OH is 2. The van der Waals surface area contributed by atoms with E-state index in [-0.39, 0.29) is 30.4 Å². The van der Waals surface area contributed by atoms with Gasteiger partial charge in [0.15, 0.2) is 0 Å². The van der Waals surface area contributed by atoms with Crippen molar-refractivity contribution in [2.45, 2.75) is 88.7 Å². The lowest BCUT2D eigenvalue weighted by Crippen LogP contribution is -2.65. The van der Waals surface area contributed by atoms with Gasteiger partial charge >= 0.3 is 0 Å². The molecule has 8 nitrogen and oxygen atoms in total. The molecule has 5 N–H and O–H groups in total. The fourth-order valence-electron chi connectivity index (χ4n) is 8.72. The zero-order chi connectivity index (χ0) is 34.3. The Kier molecular flexibility index (Phi) is 12.0. The highest BCUT2D eigenvalue weighted by atomic mass is 16.5.